The standard InChI is InChI=1S/C14H16N2O6/c1-9(2)13(19)21-6-5-15-14(20)22-8-10-3-4-11(12(17)18)16-7-10/h3-4,7H,1,5-6,8H2,2H3,(H,15,20)(H,17,18). The van der Waals surface area contributed by atoms with E-state index in [9.17, 15) is 14.4 Å². The van der Waals surface area contributed by atoms with Gasteiger partial charge in [0.05, 0.1) is 6.54 Å². The lowest BCUT2D eigenvalue weighted by atomic mass is 10.2. The Bertz CT molecular complexity index is 567. The highest BCUT2D eigenvalue weighted by Gasteiger charge is 2.07. The van der Waals surface area contributed by atoms with Crippen molar-refractivity contribution in [1.82, 2.24) is 10.3 Å². The number of carbonyl (C=O) groups is 3. The van der Waals surface area contributed by atoms with Gasteiger partial charge in [-0.3, -0.25) is 0 Å². The number of aromatic carboxylic acids is 1. The zero-order valence-corrected chi connectivity index (χ0v) is 12.0. The van der Waals surface area contributed by atoms with E-state index < -0.39 is 18.0 Å². The Morgan fingerprint density at radius 3 is 2.59 bits per heavy atom. The summed E-state index contributed by atoms with van der Waals surface area (Å²) in [6.07, 6.45) is 0.624. The lowest BCUT2D eigenvalue weighted by Gasteiger charge is -2.07. The van der Waals surface area contributed by atoms with Gasteiger partial charge in [-0.05, 0) is 13.0 Å². The fourth-order valence-electron chi connectivity index (χ4n) is 1.26. The number of aromatic nitrogens is 1. The summed E-state index contributed by atoms with van der Waals surface area (Å²) >= 11 is 0. The Morgan fingerprint density at radius 1 is 1.32 bits per heavy atom. The number of carbonyl (C=O) groups excluding carboxylic acids is 2. The van der Waals surface area contributed by atoms with Crippen LogP contribution in [0.15, 0.2) is 30.5 Å². The number of carboxylic acids is 1. The second-order valence-corrected chi connectivity index (χ2v) is 4.28. The zero-order valence-electron chi connectivity index (χ0n) is 12.0. The van der Waals surface area contributed by atoms with Crippen molar-refractivity contribution in [3.05, 3.63) is 41.7 Å². The van der Waals surface area contributed by atoms with E-state index in [-0.39, 0.29) is 31.0 Å². The summed E-state index contributed by atoms with van der Waals surface area (Å²) in [5.41, 5.74) is 0.737. The topological polar surface area (TPSA) is 115 Å². The van der Waals surface area contributed by atoms with E-state index >= 15 is 0 Å². The van der Waals surface area contributed by atoms with E-state index in [2.05, 4.69) is 16.9 Å². The van der Waals surface area contributed by atoms with Crippen LogP contribution >= 0.6 is 0 Å². The summed E-state index contributed by atoms with van der Waals surface area (Å²) in [6.45, 7) is 5.00. The van der Waals surface area contributed by atoms with Gasteiger partial charge in [-0.15, -0.1) is 0 Å². The van der Waals surface area contributed by atoms with Crippen molar-refractivity contribution in [3.63, 3.8) is 0 Å². The van der Waals surface area contributed by atoms with E-state index in [4.69, 9.17) is 14.6 Å². The third kappa shape index (κ3) is 6.04. The molecule has 2 N–H and O–H groups in total. The van der Waals surface area contributed by atoms with Crippen molar-refractivity contribution in [1.29, 1.82) is 0 Å². The molecule has 1 aromatic rings. The third-order valence-corrected chi connectivity index (χ3v) is 2.37. The first kappa shape index (κ1) is 17.2. The van der Waals surface area contributed by atoms with E-state index in [1.54, 1.807) is 0 Å². The van der Waals surface area contributed by atoms with E-state index in [1.165, 1.54) is 25.3 Å². The number of nitrogens with zero attached hydrogens (tertiary/aromatic N) is 1. The highest BCUT2D eigenvalue weighted by Crippen LogP contribution is 2.02. The van der Waals surface area contributed by atoms with Crippen molar-refractivity contribution >= 4 is 18.0 Å². The molecular formula is C14H16N2O6. The van der Waals surface area contributed by atoms with Crippen LogP contribution in [0.2, 0.25) is 0 Å². The minimum atomic E-state index is -1.13. The molecule has 8 heteroatoms. The van der Waals surface area contributed by atoms with Gasteiger partial charge in [0.2, 0.25) is 0 Å². The zero-order chi connectivity index (χ0) is 16.5. The maximum absolute atomic E-state index is 11.4. The van der Waals surface area contributed by atoms with Gasteiger partial charge in [-0.25, -0.2) is 19.4 Å². The van der Waals surface area contributed by atoms with E-state index in [0.717, 1.165) is 0 Å². The highest BCUT2D eigenvalue weighted by molar-refractivity contribution is 5.87. The molecule has 0 unspecified atom stereocenters. The average molecular weight is 308 g/mol. The number of ether oxygens (including phenoxy) is 2. The smallest absolute Gasteiger partial charge is 0.407 e. The number of alkyl carbamates (subject to hydrolysis) is 1. The molecule has 1 rings (SSSR count). The first-order valence-electron chi connectivity index (χ1n) is 6.31. The molecule has 0 saturated carbocycles. The maximum atomic E-state index is 11.4. The first-order valence-corrected chi connectivity index (χ1v) is 6.31. The van der Waals surface area contributed by atoms with Crippen molar-refractivity contribution in [2.75, 3.05) is 13.2 Å². The van der Waals surface area contributed by atoms with Gasteiger partial charge in [-0.2, -0.15) is 0 Å². The van der Waals surface area contributed by atoms with Crippen LogP contribution in [0.25, 0.3) is 0 Å². The van der Waals surface area contributed by atoms with Gasteiger partial charge in [0.1, 0.15) is 18.9 Å². The molecule has 0 radical (unpaired) electrons. The number of pyridine rings is 1. The van der Waals surface area contributed by atoms with Gasteiger partial charge >= 0.3 is 18.0 Å². The van der Waals surface area contributed by atoms with Crippen LogP contribution in [-0.2, 0) is 20.9 Å². The molecular weight excluding hydrogens is 292 g/mol. The van der Waals surface area contributed by atoms with Gasteiger partial charge < -0.3 is 19.9 Å². The van der Waals surface area contributed by atoms with Crippen LogP contribution in [0.5, 0.6) is 0 Å². The van der Waals surface area contributed by atoms with E-state index in [1.807, 2.05) is 0 Å². The predicted molar refractivity (Wildman–Crippen MR) is 75.2 cm³/mol. The van der Waals surface area contributed by atoms with Gasteiger partial charge in [0.25, 0.3) is 0 Å². The molecule has 0 aliphatic rings. The van der Waals surface area contributed by atoms with Crippen LogP contribution in [-0.4, -0.2) is 41.3 Å². The molecule has 22 heavy (non-hydrogen) atoms. The number of carboxylic acid groups (broad SMARTS) is 1. The van der Waals surface area contributed by atoms with Gasteiger partial charge in [0.15, 0.2) is 0 Å². The minimum absolute atomic E-state index is 0.00958. The number of rotatable bonds is 7. The van der Waals surface area contributed by atoms with Gasteiger partial charge in [-0.1, -0.05) is 12.6 Å². The molecule has 118 valence electrons. The summed E-state index contributed by atoms with van der Waals surface area (Å²) in [5, 5.41) is 11.1. The lowest BCUT2D eigenvalue weighted by Crippen LogP contribution is -2.28. The molecule has 0 aliphatic heterocycles. The summed E-state index contributed by atoms with van der Waals surface area (Å²) in [6, 6.07) is 2.81. The molecule has 1 aromatic heterocycles. The van der Waals surface area contributed by atoms with Crippen molar-refractivity contribution < 1.29 is 29.0 Å². The molecule has 0 aliphatic carbocycles. The molecule has 0 atom stereocenters. The quantitative estimate of drug-likeness (QED) is 0.440. The largest absolute Gasteiger partial charge is 0.477 e. The molecule has 1 heterocycles. The SMILES string of the molecule is C=C(C)C(=O)OCCNC(=O)OCc1ccc(C(=O)O)nc1. The molecule has 0 bridgehead atoms. The van der Waals surface area contributed by atoms with E-state index in [0.29, 0.717) is 5.56 Å². The normalized spacial score (nSPS) is 9.68. The molecule has 1 amide bonds. The Morgan fingerprint density at radius 2 is 2.05 bits per heavy atom. The van der Waals surface area contributed by atoms with Gasteiger partial charge in [0, 0.05) is 17.3 Å². The number of amides is 1. The second-order valence-electron chi connectivity index (χ2n) is 4.28. The monoisotopic (exact) mass is 308 g/mol. The van der Waals surface area contributed by atoms with Crippen LogP contribution < -0.4 is 5.32 Å². The van der Waals surface area contributed by atoms with Crippen molar-refractivity contribution in [2.45, 2.75) is 13.5 Å². The van der Waals surface area contributed by atoms with Crippen molar-refractivity contribution in [3.8, 4) is 0 Å². The van der Waals surface area contributed by atoms with Crippen molar-refractivity contribution in [2.24, 2.45) is 0 Å². The van der Waals surface area contributed by atoms with Crippen LogP contribution in [0, 0.1) is 0 Å². The Kier molecular flexibility index (Phi) is 6.55. The number of esters is 1. The fourth-order valence-corrected chi connectivity index (χ4v) is 1.26. The predicted octanol–water partition coefficient (Wildman–Crippen LogP) is 1.13. The summed E-state index contributed by atoms with van der Waals surface area (Å²) < 4.78 is 9.67. The third-order valence-electron chi connectivity index (χ3n) is 2.37. The average Bonchev–Trinajstić information content (AvgIpc) is 2.49. The van der Waals surface area contributed by atoms with Crippen LogP contribution in [0.4, 0.5) is 4.79 Å². The van der Waals surface area contributed by atoms with Crippen LogP contribution in [0.1, 0.15) is 23.0 Å². The summed E-state index contributed by atoms with van der Waals surface area (Å²) in [7, 11) is 0. The summed E-state index contributed by atoms with van der Waals surface area (Å²) in [4.78, 5) is 36.7. The Hall–Kier alpha value is -2.90. The molecule has 0 spiro atoms. The first-order chi connectivity index (χ1) is 10.4. The molecule has 0 aromatic carbocycles. The number of hydrogen-bond acceptors (Lipinski definition) is 6. The fraction of sp³-hybridized carbons (Fsp3) is 0.286. The number of hydrogen-bond donors (Lipinski definition) is 2. The molecule has 0 saturated heterocycles. The lowest BCUT2D eigenvalue weighted by molar-refractivity contribution is -0.138. The number of nitrogens with one attached hydrogen (secondary N) is 1. The Balaban J connectivity index is 2.24. The van der Waals surface area contributed by atoms with Crippen LogP contribution in [0.3, 0.4) is 0 Å². The molecule has 8 nitrogen and oxygen atoms in total. The molecule has 0 fully saturated rings. The second kappa shape index (κ2) is 8.40. The highest BCUT2D eigenvalue weighted by atomic mass is 16.6. The minimum Gasteiger partial charge on any atom is -0.477 e. The Labute approximate surface area is 126 Å². The maximum Gasteiger partial charge on any atom is 0.407 e. The summed E-state index contributed by atoms with van der Waals surface area (Å²) in [5.74, 6) is -1.66.